The van der Waals surface area contributed by atoms with Crippen LogP contribution in [0, 0.1) is 11.3 Å². The van der Waals surface area contributed by atoms with Crippen LogP contribution in [-0.4, -0.2) is 22.5 Å². The first-order chi connectivity index (χ1) is 14.6. The summed E-state index contributed by atoms with van der Waals surface area (Å²) in [5.74, 6) is -0.420. The summed E-state index contributed by atoms with van der Waals surface area (Å²) in [6, 6.07) is 22.5. The molecule has 3 aromatic carbocycles. The minimum Gasteiger partial charge on any atom is -0.267 e. The Kier molecular flexibility index (Phi) is 5.24. The molecule has 4 rings (SSSR count). The molecule has 1 heterocycles. The van der Waals surface area contributed by atoms with Crippen LogP contribution in [0.1, 0.15) is 18.9 Å². The minimum atomic E-state index is -0.420. The zero-order chi connectivity index (χ0) is 21.1. The average Bonchev–Trinajstić information content (AvgIpc) is 3.06. The third kappa shape index (κ3) is 3.64. The molecule has 7 heteroatoms. The van der Waals surface area contributed by atoms with Crippen LogP contribution in [0.2, 0.25) is 0 Å². The van der Waals surface area contributed by atoms with Crippen LogP contribution in [-0.2, 0) is 11.2 Å². The Hall–Kier alpha value is -4.02. The van der Waals surface area contributed by atoms with Crippen molar-refractivity contribution in [1.29, 1.82) is 5.26 Å². The Morgan fingerprint density at radius 3 is 2.60 bits per heavy atom. The van der Waals surface area contributed by atoms with Gasteiger partial charge in [-0.05, 0) is 42.5 Å². The topological polar surface area (TPSA) is 92.3 Å². The van der Waals surface area contributed by atoms with Gasteiger partial charge in [0, 0.05) is 11.8 Å². The Balaban J connectivity index is 1.60. The van der Waals surface area contributed by atoms with E-state index in [9.17, 15) is 10.0 Å². The molecule has 148 valence electrons. The molecule has 0 unspecified atom stereocenters. The summed E-state index contributed by atoms with van der Waals surface area (Å²) in [4.78, 5) is 12.9. The molecule has 0 saturated carbocycles. The van der Waals surface area contributed by atoms with Gasteiger partial charge in [-0.2, -0.15) is 15.4 Å². The first-order valence-electron chi connectivity index (χ1n) is 9.50. The molecular weight excluding hydrogens is 378 g/mol. The molecule has 1 aliphatic heterocycles. The molecule has 0 aliphatic carbocycles. The van der Waals surface area contributed by atoms with Crippen molar-refractivity contribution in [3.05, 3.63) is 72.3 Å². The van der Waals surface area contributed by atoms with Gasteiger partial charge in [-0.15, -0.1) is 10.3 Å². The lowest BCUT2D eigenvalue weighted by molar-refractivity contribution is -0.112. The van der Waals surface area contributed by atoms with Gasteiger partial charge in [-0.3, -0.25) is 10.0 Å². The minimum absolute atomic E-state index is 0.0685. The number of carbonyl (C=O) groups is 1. The smallest absolute Gasteiger partial charge is 0.267 e. The Morgan fingerprint density at radius 2 is 1.83 bits per heavy atom. The van der Waals surface area contributed by atoms with Gasteiger partial charge in [0.2, 0.25) is 0 Å². The monoisotopic (exact) mass is 397 g/mol. The van der Waals surface area contributed by atoms with E-state index in [1.165, 1.54) is 5.01 Å². The number of fused-ring (bicyclic) bond motifs is 1. The van der Waals surface area contributed by atoms with E-state index in [4.69, 9.17) is 5.26 Å². The average molecular weight is 397 g/mol. The van der Waals surface area contributed by atoms with Crippen molar-refractivity contribution in [2.75, 3.05) is 10.2 Å². The van der Waals surface area contributed by atoms with Gasteiger partial charge in [-0.25, -0.2) is 0 Å². The SMILES string of the molecule is CC1=NN(c2ccc(CCC#N)cc2)C(=O)C1=NN(O)c1cccc2ccccc12. The highest BCUT2D eigenvalue weighted by Gasteiger charge is 2.31. The van der Waals surface area contributed by atoms with Crippen LogP contribution >= 0.6 is 0 Å². The van der Waals surface area contributed by atoms with E-state index in [2.05, 4.69) is 16.3 Å². The van der Waals surface area contributed by atoms with Crippen molar-refractivity contribution in [2.45, 2.75) is 19.8 Å². The van der Waals surface area contributed by atoms with Crippen molar-refractivity contribution in [1.82, 2.24) is 0 Å². The lowest BCUT2D eigenvalue weighted by Crippen LogP contribution is -2.29. The normalized spacial score (nSPS) is 14.8. The second-order valence-corrected chi connectivity index (χ2v) is 6.86. The zero-order valence-electron chi connectivity index (χ0n) is 16.4. The number of nitrogens with zero attached hydrogens (tertiary/aromatic N) is 5. The first-order valence-corrected chi connectivity index (χ1v) is 9.50. The van der Waals surface area contributed by atoms with Crippen molar-refractivity contribution in [2.24, 2.45) is 10.2 Å². The van der Waals surface area contributed by atoms with Crippen LogP contribution in [0.15, 0.2) is 76.9 Å². The maximum Gasteiger partial charge on any atom is 0.301 e. The second kappa shape index (κ2) is 8.15. The lowest BCUT2D eigenvalue weighted by atomic mass is 10.1. The fourth-order valence-corrected chi connectivity index (χ4v) is 3.32. The summed E-state index contributed by atoms with van der Waals surface area (Å²) in [5, 5.41) is 31.5. The number of carbonyl (C=O) groups excluding carboxylic acids is 1. The van der Waals surface area contributed by atoms with Gasteiger partial charge >= 0.3 is 5.91 Å². The molecule has 0 bridgehead atoms. The lowest BCUT2D eigenvalue weighted by Gasteiger charge is -2.15. The second-order valence-electron chi connectivity index (χ2n) is 6.86. The molecule has 0 spiro atoms. The quantitative estimate of drug-likeness (QED) is 0.651. The maximum absolute atomic E-state index is 12.9. The summed E-state index contributed by atoms with van der Waals surface area (Å²) >= 11 is 0. The Labute approximate surface area is 173 Å². The van der Waals surface area contributed by atoms with E-state index < -0.39 is 5.91 Å². The van der Waals surface area contributed by atoms with Gasteiger partial charge < -0.3 is 0 Å². The van der Waals surface area contributed by atoms with Gasteiger partial charge in [0.15, 0.2) is 5.71 Å². The molecule has 0 aromatic heterocycles. The fraction of sp³-hybridized carbons (Fsp3) is 0.130. The highest BCUT2D eigenvalue weighted by atomic mass is 16.5. The van der Waals surface area contributed by atoms with E-state index in [-0.39, 0.29) is 5.71 Å². The molecule has 30 heavy (non-hydrogen) atoms. The van der Waals surface area contributed by atoms with Crippen molar-refractivity contribution in [3.8, 4) is 6.07 Å². The number of hydrazone groups is 2. The van der Waals surface area contributed by atoms with Gasteiger partial charge in [-0.1, -0.05) is 48.5 Å². The van der Waals surface area contributed by atoms with Crippen LogP contribution in [0.5, 0.6) is 0 Å². The molecule has 1 N–H and O–H groups in total. The van der Waals surface area contributed by atoms with E-state index in [0.717, 1.165) is 21.5 Å². The molecular formula is C23H19N5O2. The van der Waals surface area contributed by atoms with Crippen LogP contribution < -0.4 is 10.2 Å². The fourth-order valence-electron chi connectivity index (χ4n) is 3.32. The van der Waals surface area contributed by atoms with E-state index >= 15 is 0 Å². The van der Waals surface area contributed by atoms with Crippen LogP contribution in [0.4, 0.5) is 11.4 Å². The Morgan fingerprint density at radius 1 is 1.10 bits per heavy atom. The summed E-state index contributed by atoms with van der Waals surface area (Å²) in [6.45, 7) is 1.68. The molecule has 0 saturated heterocycles. The van der Waals surface area contributed by atoms with E-state index in [1.807, 2.05) is 48.5 Å². The first kappa shape index (κ1) is 19.3. The number of anilines is 2. The number of amides is 1. The number of aryl methyl sites for hydroxylation is 1. The van der Waals surface area contributed by atoms with E-state index in [0.29, 0.717) is 29.9 Å². The molecule has 3 aromatic rings. The third-order valence-corrected chi connectivity index (χ3v) is 4.87. The highest BCUT2D eigenvalue weighted by molar-refractivity contribution is 6.71. The van der Waals surface area contributed by atoms with Gasteiger partial charge in [0.25, 0.3) is 0 Å². The highest BCUT2D eigenvalue weighted by Crippen LogP contribution is 2.27. The number of hydrogen-bond donors (Lipinski definition) is 1. The largest absolute Gasteiger partial charge is 0.301 e. The van der Waals surface area contributed by atoms with Gasteiger partial charge in [0.05, 0.1) is 23.2 Å². The standard InChI is InChI=1S/C23H19N5O2/c1-16-22(26-28(30)21-10-4-8-18-7-2-3-9-20(18)21)23(29)27(25-16)19-13-11-17(12-14-19)6-5-15-24/h2-4,7-14,30H,5-6H2,1H3. The van der Waals surface area contributed by atoms with E-state index in [1.54, 1.807) is 25.1 Å². The predicted octanol–water partition coefficient (Wildman–Crippen LogP) is 4.27. The molecule has 1 amide bonds. The van der Waals surface area contributed by atoms with Gasteiger partial charge in [0.1, 0.15) is 0 Å². The summed E-state index contributed by atoms with van der Waals surface area (Å²) < 4.78 is 0. The zero-order valence-corrected chi connectivity index (χ0v) is 16.4. The number of benzene rings is 3. The summed E-state index contributed by atoms with van der Waals surface area (Å²) in [7, 11) is 0. The number of hydrogen-bond acceptors (Lipinski definition) is 6. The molecule has 1 aliphatic rings. The molecule has 7 nitrogen and oxygen atoms in total. The van der Waals surface area contributed by atoms with Crippen LogP contribution in [0.25, 0.3) is 10.8 Å². The summed E-state index contributed by atoms with van der Waals surface area (Å²) in [5.41, 5.74) is 2.56. The molecule has 0 radical (unpaired) electrons. The Bertz CT molecular complexity index is 1200. The number of rotatable bonds is 5. The molecule has 0 atom stereocenters. The van der Waals surface area contributed by atoms with Crippen molar-refractivity contribution < 1.29 is 10.0 Å². The predicted molar refractivity (Wildman–Crippen MR) is 117 cm³/mol. The number of nitriles is 1. The molecule has 0 fully saturated rings. The maximum atomic E-state index is 12.9. The van der Waals surface area contributed by atoms with Crippen LogP contribution in [0.3, 0.4) is 0 Å². The van der Waals surface area contributed by atoms with Crippen molar-refractivity contribution in [3.63, 3.8) is 0 Å². The summed E-state index contributed by atoms with van der Waals surface area (Å²) in [6.07, 6.45) is 1.10. The third-order valence-electron chi connectivity index (χ3n) is 4.87. The van der Waals surface area contributed by atoms with Crippen molar-refractivity contribution >= 4 is 39.5 Å².